The Kier molecular flexibility index (Phi) is 5.06. The maximum Gasteiger partial charge on any atom is 0.234 e. The van der Waals surface area contributed by atoms with Crippen LogP contribution in [-0.4, -0.2) is 43.4 Å². The molecular formula is C12H23ClN2O. The van der Waals surface area contributed by atoms with Gasteiger partial charge >= 0.3 is 0 Å². The van der Waals surface area contributed by atoms with Gasteiger partial charge < -0.3 is 10.2 Å². The molecule has 1 rings (SSSR count). The van der Waals surface area contributed by atoms with Crippen molar-refractivity contribution in [2.24, 2.45) is 11.3 Å². The van der Waals surface area contributed by atoms with Crippen LogP contribution in [0.1, 0.15) is 26.7 Å². The van der Waals surface area contributed by atoms with Crippen molar-refractivity contribution in [2.75, 3.05) is 32.6 Å². The molecule has 1 fully saturated rings. The molecule has 1 amide bonds. The third-order valence-corrected chi connectivity index (χ3v) is 3.83. The number of alkyl halides is 1. The molecule has 0 aromatic carbocycles. The van der Waals surface area contributed by atoms with Crippen molar-refractivity contribution in [2.45, 2.75) is 26.7 Å². The van der Waals surface area contributed by atoms with Gasteiger partial charge in [0, 0.05) is 13.1 Å². The summed E-state index contributed by atoms with van der Waals surface area (Å²) in [6, 6.07) is 0. The van der Waals surface area contributed by atoms with Crippen LogP contribution in [0.2, 0.25) is 0 Å². The Morgan fingerprint density at radius 1 is 1.56 bits per heavy atom. The van der Waals surface area contributed by atoms with Crippen molar-refractivity contribution < 1.29 is 4.79 Å². The average Bonchev–Trinajstić information content (AvgIpc) is 2.26. The molecule has 0 bridgehead atoms. The Balaban J connectivity index is 2.45. The van der Waals surface area contributed by atoms with E-state index < -0.39 is 0 Å². The molecule has 1 unspecified atom stereocenters. The molecule has 1 aliphatic rings. The van der Waals surface area contributed by atoms with Gasteiger partial charge in [0.15, 0.2) is 0 Å². The maximum absolute atomic E-state index is 11.2. The zero-order chi connectivity index (χ0) is 12.2. The molecule has 0 aromatic heterocycles. The minimum absolute atomic E-state index is 0.0562. The van der Waals surface area contributed by atoms with Crippen LogP contribution in [0.3, 0.4) is 0 Å². The van der Waals surface area contributed by atoms with Gasteiger partial charge in [0.2, 0.25) is 5.91 Å². The number of hydrogen-bond acceptors (Lipinski definition) is 2. The number of halogens is 1. The fraction of sp³-hybridized carbons (Fsp3) is 0.917. The predicted molar refractivity (Wildman–Crippen MR) is 67.7 cm³/mol. The number of hydrogen-bond donors (Lipinski definition) is 1. The van der Waals surface area contributed by atoms with Gasteiger partial charge in [-0.05, 0) is 37.8 Å². The summed E-state index contributed by atoms with van der Waals surface area (Å²) >= 11 is 5.47. The monoisotopic (exact) mass is 246 g/mol. The minimum atomic E-state index is -0.0705. The summed E-state index contributed by atoms with van der Waals surface area (Å²) in [6.07, 6.45) is 2.52. The van der Waals surface area contributed by atoms with Crippen molar-refractivity contribution in [1.29, 1.82) is 0 Å². The number of rotatable bonds is 4. The Labute approximate surface area is 104 Å². The quantitative estimate of drug-likeness (QED) is 0.766. The van der Waals surface area contributed by atoms with Gasteiger partial charge in [-0.3, -0.25) is 4.79 Å². The molecule has 0 radical (unpaired) electrons. The predicted octanol–water partition coefficient (Wildman–Crippen LogP) is 1.71. The van der Waals surface area contributed by atoms with Crippen molar-refractivity contribution in [3.63, 3.8) is 0 Å². The molecule has 1 saturated heterocycles. The smallest absolute Gasteiger partial charge is 0.234 e. The first kappa shape index (κ1) is 13.8. The lowest BCUT2D eigenvalue weighted by Gasteiger charge is -2.40. The van der Waals surface area contributed by atoms with E-state index in [1.807, 2.05) is 0 Å². The second kappa shape index (κ2) is 5.87. The van der Waals surface area contributed by atoms with Gasteiger partial charge in [0.05, 0.1) is 0 Å². The highest BCUT2D eigenvalue weighted by atomic mass is 35.5. The van der Waals surface area contributed by atoms with Crippen LogP contribution < -0.4 is 5.32 Å². The van der Waals surface area contributed by atoms with E-state index >= 15 is 0 Å². The number of nitrogens with one attached hydrogen (secondary N) is 1. The van der Waals surface area contributed by atoms with Crippen LogP contribution in [0, 0.1) is 11.3 Å². The summed E-state index contributed by atoms with van der Waals surface area (Å²) in [7, 11) is 2.17. The van der Waals surface area contributed by atoms with E-state index in [2.05, 4.69) is 31.1 Å². The second-order valence-electron chi connectivity index (χ2n) is 5.50. The van der Waals surface area contributed by atoms with E-state index in [9.17, 15) is 4.79 Å². The van der Waals surface area contributed by atoms with Crippen molar-refractivity contribution >= 4 is 17.5 Å². The van der Waals surface area contributed by atoms with Crippen molar-refractivity contribution in [3.8, 4) is 0 Å². The number of carbonyl (C=O) groups excluding carboxylic acids is 1. The number of nitrogens with zero attached hydrogens (tertiary/aromatic N) is 1. The highest BCUT2D eigenvalue weighted by Crippen LogP contribution is 2.32. The first-order valence-electron chi connectivity index (χ1n) is 5.97. The first-order valence-corrected chi connectivity index (χ1v) is 6.50. The van der Waals surface area contributed by atoms with E-state index in [-0.39, 0.29) is 17.2 Å². The molecule has 1 N–H and O–H groups in total. The molecule has 0 aliphatic carbocycles. The van der Waals surface area contributed by atoms with Crippen LogP contribution in [0.4, 0.5) is 0 Å². The minimum Gasteiger partial charge on any atom is -0.355 e. The third-order valence-electron chi connectivity index (χ3n) is 3.59. The Hall–Kier alpha value is -0.280. The normalized spacial score (nSPS) is 23.1. The van der Waals surface area contributed by atoms with E-state index in [4.69, 9.17) is 11.6 Å². The van der Waals surface area contributed by atoms with Crippen LogP contribution in [0.15, 0.2) is 0 Å². The van der Waals surface area contributed by atoms with Gasteiger partial charge in [0.25, 0.3) is 0 Å². The number of amides is 1. The number of piperidine rings is 1. The first-order chi connectivity index (χ1) is 7.45. The van der Waals surface area contributed by atoms with Gasteiger partial charge in [-0.15, -0.1) is 11.6 Å². The SMILES string of the molecule is CN1CCCC(C(C)(C)CNC(=O)CCl)C1. The van der Waals surface area contributed by atoms with E-state index in [0.717, 1.165) is 13.1 Å². The average molecular weight is 247 g/mol. The lowest BCUT2D eigenvalue weighted by molar-refractivity contribution is -0.119. The summed E-state index contributed by atoms with van der Waals surface area (Å²) < 4.78 is 0. The lowest BCUT2D eigenvalue weighted by Crippen LogP contribution is -2.45. The van der Waals surface area contributed by atoms with Crippen LogP contribution >= 0.6 is 11.6 Å². The van der Waals surface area contributed by atoms with Gasteiger partial charge in [-0.25, -0.2) is 0 Å². The van der Waals surface area contributed by atoms with Crippen molar-refractivity contribution in [3.05, 3.63) is 0 Å². The molecule has 4 heteroatoms. The van der Waals surface area contributed by atoms with E-state index in [1.165, 1.54) is 19.4 Å². The Bertz CT molecular complexity index is 243. The topological polar surface area (TPSA) is 32.3 Å². The summed E-state index contributed by atoms with van der Waals surface area (Å²) in [5.74, 6) is 0.640. The van der Waals surface area contributed by atoms with E-state index in [1.54, 1.807) is 0 Å². The van der Waals surface area contributed by atoms with Gasteiger partial charge in [-0.2, -0.15) is 0 Å². The third kappa shape index (κ3) is 3.95. The summed E-state index contributed by atoms with van der Waals surface area (Å²) in [5, 5.41) is 2.90. The fourth-order valence-corrected chi connectivity index (χ4v) is 2.42. The molecule has 1 atom stereocenters. The molecule has 16 heavy (non-hydrogen) atoms. The van der Waals surface area contributed by atoms with Crippen LogP contribution in [0.5, 0.6) is 0 Å². The summed E-state index contributed by atoms with van der Waals surface area (Å²) in [6.45, 7) is 7.50. The molecule has 94 valence electrons. The molecular weight excluding hydrogens is 224 g/mol. The largest absolute Gasteiger partial charge is 0.355 e. The highest BCUT2D eigenvalue weighted by molar-refractivity contribution is 6.27. The van der Waals surface area contributed by atoms with E-state index in [0.29, 0.717) is 5.92 Å². The molecule has 1 aliphatic heterocycles. The second-order valence-corrected chi connectivity index (χ2v) is 5.77. The van der Waals surface area contributed by atoms with Gasteiger partial charge in [0.1, 0.15) is 5.88 Å². The molecule has 1 heterocycles. The molecule has 0 aromatic rings. The zero-order valence-corrected chi connectivity index (χ0v) is 11.3. The molecule has 0 saturated carbocycles. The summed E-state index contributed by atoms with van der Waals surface area (Å²) in [5.41, 5.74) is 0.149. The Morgan fingerprint density at radius 3 is 2.81 bits per heavy atom. The highest BCUT2D eigenvalue weighted by Gasteiger charge is 2.32. The zero-order valence-electron chi connectivity index (χ0n) is 10.6. The standard InChI is InChI=1S/C12H23ClN2O/c1-12(2,9-14-11(16)7-13)10-5-4-6-15(3)8-10/h10H,4-9H2,1-3H3,(H,14,16). The fourth-order valence-electron chi connectivity index (χ4n) is 2.32. The van der Waals surface area contributed by atoms with Crippen molar-refractivity contribution in [1.82, 2.24) is 10.2 Å². The number of likely N-dealkylation sites (tertiary alicyclic amines) is 1. The number of carbonyl (C=O) groups is 1. The lowest BCUT2D eigenvalue weighted by atomic mass is 9.74. The molecule has 3 nitrogen and oxygen atoms in total. The van der Waals surface area contributed by atoms with Gasteiger partial charge in [-0.1, -0.05) is 13.8 Å². The molecule has 0 spiro atoms. The summed E-state index contributed by atoms with van der Waals surface area (Å²) in [4.78, 5) is 13.5. The van der Waals surface area contributed by atoms with Crippen LogP contribution in [0.25, 0.3) is 0 Å². The maximum atomic E-state index is 11.2. The Morgan fingerprint density at radius 2 is 2.25 bits per heavy atom. The van der Waals surface area contributed by atoms with Crippen LogP contribution in [-0.2, 0) is 4.79 Å².